The lowest BCUT2D eigenvalue weighted by molar-refractivity contribution is -0.119. The highest BCUT2D eigenvalue weighted by molar-refractivity contribution is 6.31. The molecule has 0 atom stereocenters. The lowest BCUT2D eigenvalue weighted by Gasteiger charge is -2.09. The van der Waals surface area contributed by atoms with Crippen molar-refractivity contribution in [3.05, 3.63) is 57.8 Å². The molecule has 2 aromatic rings. The molecule has 1 aromatic carbocycles. The number of halogens is 2. The fourth-order valence-electron chi connectivity index (χ4n) is 1.66. The number of carbonyl (C=O) groups is 2. The summed E-state index contributed by atoms with van der Waals surface area (Å²) in [6.07, 6.45) is 1.38. The average Bonchev–Trinajstić information content (AvgIpc) is 2.48. The molecule has 0 aliphatic carbocycles. The normalized spacial score (nSPS) is 10.1. The van der Waals surface area contributed by atoms with E-state index in [1.165, 1.54) is 18.3 Å². The number of ether oxygens (including phenoxy) is 1. The van der Waals surface area contributed by atoms with Gasteiger partial charge in [0.15, 0.2) is 6.61 Å². The fourth-order valence-corrected chi connectivity index (χ4v) is 2.01. The van der Waals surface area contributed by atoms with Gasteiger partial charge in [-0.1, -0.05) is 29.3 Å². The first-order valence-corrected chi connectivity index (χ1v) is 7.06. The number of esters is 1. The van der Waals surface area contributed by atoms with Crippen molar-refractivity contribution in [1.29, 1.82) is 0 Å². The van der Waals surface area contributed by atoms with E-state index in [2.05, 4.69) is 10.3 Å². The zero-order valence-electron chi connectivity index (χ0n) is 11.6. The minimum Gasteiger partial charge on any atom is -0.452 e. The maximum absolute atomic E-state index is 11.8. The molecule has 0 unspecified atom stereocenters. The molecule has 1 aromatic heterocycles. The molecular weight excluding hydrogens is 327 g/mol. The molecule has 0 aliphatic heterocycles. The minimum absolute atomic E-state index is 0.174. The molecule has 114 valence electrons. The molecule has 0 bridgehead atoms. The summed E-state index contributed by atoms with van der Waals surface area (Å²) in [5, 5.41) is 3.31. The first-order chi connectivity index (χ1) is 10.5. The number of hydrogen-bond acceptors (Lipinski definition) is 4. The maximum Gasteiger partial charge on any atom is 0.338 e. The number of nitrogens with one attached hydrogen (secondary N) is 1. The molecular formula is C15H12Cl2N2O3. The van der Waals surface area contributed by atoms with E-state index in [0.29, 0.717) is 10.7 Å². The number of amides is 1. The quantitative estimate of drug-likeness (QED) is 0.684. The van der Waals surface area contributed by atoms with Gasteiger partial charge in [0.1, 0.15) is 5.15 Å². The Kier molecular flexibility index (Phi) is 5.35. The predicted molar refractivity (Wildman–Crippen MR) is 84.3 cm³/mol. The van der Waals surface area contributed by atoms with Gasteiger partial charge in [0.2, 0.25) is 0 Å². The molecule has 1 heterocycles. The average molecular weight is 339 g/mol. The van der Waals surface area contributed by atoms with E-state index >= 15 is 0 Å². The van der Waals surface area contributed by atoms with Gasteiger partial charge < -0.3 is 10.1 Å². The molecule has 0 saturated heterocycles. The molecule has 0 fully saturated rings. The highest BCUT2D eigenvalue weighted by Crippen LogP contribution is 2.20. The molecule has 0 saturated carbocycles. The van der Waals surface area contributed by atoms with Crippen molar-refractivity contribution in [3.63, 3.8) is 0 Å². The number of nitrogens with zero attached hydrogens (tertiary/aromatic N) is 1. The third-order valence-corrected chi connectivity index (χ3v) is 3.21. The van der Waals surface area contributed by atoms with Crippen molar-refractivity contribution in [2.24, 2.45) is 0 Å². The summed E-state index contributed by atoms with van der Waals surface area (Å²) in [4.78, 5) is 27.3. The van der Waals surface area contributed by atoms with Crippen molar-refractivity contribution in [2.45, 2.75) is 6.92 Å². The largest absolute Gasteiger partial charge is 0.452 e. The second-order valence-electron chi connectivity index (χ2n) is 4.45. The summed E-state index contributed by atoms with van der Waals surface area (Å²) in [6.45, 7) is 1.42. The van der Waals surface area contributed by atoms with Crippen LogP contribution in [-0.2, 0) is 9.53 Å². The standard InChI is InChI=1S/C15H12Cl2N2O3/c1-9-2-3-11(16)7-12(9)19-14(20)8-22-15(21)10-4-5-18-13(17)6-10/h2-7H,8H2,1H3,(H,19,20). The predicted octanol–water partition coefficient (Wildman–Crippen LogP) is 3.49. The SMILES string of the molecule is Cc1ccc(Cl)cc1NC(=O)COC(=O)c1ccnc(Cl)c1. The van der Waals surface area contributed by atoms with E-state index in [9.17, 15) is 9.59 Å². The van der Waals surface area contributed by atoms with Crippen molar-refractivity contribution in [1.82, 2.24) is 4.98 Å². The molecule has 0 radical (unpaired) electrons. The molecule has 0 aliphatic rings. The van der Waals surface area contributed by atoms with Gasteiger partial charge >= 0.3 is 5.97 Å². The van der Waals surface area contributed by atoms with Gasteiger partial charge in [-0.2, -0.15) is 0 Å². The smallest absolute Gasteiger partial charge is 0.338 e. The van der Waals surface area contributed by atoms with Crippen LogP contribution in [0.2, 0.25) is 10.2 Å². The van der Waals surface area contributed by atoms with Gasteiger partial charge in [0, 0.05) is 16.9 Å². The van der Waals surface area contributed by atoms with Crippen molar-refractivity contribution in [2.75, 3.05) is 11.9 Å². The van der Waals surface area contributed by atoms with Gasteiger partial charge in [-0.05, 0) is 36.8 Å². The van der Waals surface area contributed by atoms with Crippen LogP contribution in [0.4, 0.5) is 5.69 Å². The topological polar surface area (TPSA) is 68.3 Å². The molecule has 0 spiro atoms. The van der Waals surface area contributed by atoms with Gasteiger partial charge in [0.05, 0.1) is 5.56 Å². The molecule has 22 heavy (non-hydrogen) atoms. The number of anilines is 1. The van der Waals surface area contributed by atoms with Gasteiger partial charge in [-0.15, -0.1) is 0 Å². The summed E-state index contributed by atoms with van der Waals surface area (Å²) in [5.74, 6) is -1.11. The van der Waals surface area contributed by atoms with Crippen molar-refractivity contribution >= 4 is 40.8 Å². The third kappa shape index (κ3) is 4.44. The summed E-state index contributed by atoms with van der Waals surface area (Å²) in [6, 6.07) is 7.94. The Hall–Kier alpha value is -2.11. The van der Waals surface area contributed by atoms with E-state index in [1.54, 1.807) is 18.2 Å². The van der Waals surface area contributed by atoms with Crippen LogP contribution in [0.15, 0.2) is 36.5 Å². The Morgan fingerprint density at radius 1 is 1.23 bits per heavy atom. The number of rotatable bonds is 4. The maximum atomic E-state index is 11.8. The van der Waals surface area contributed by atoms with Crippen LogP contribution in [0.1, 0.15) is 15.9 Å². The van der Waals surface area contributed by atoms with Crippen LogP contribution in [-0.4, -0.2) is 23.5 Å². The first kappa shape index (κ1) is 16.3. The van der Waals surface area contributed by atoms with Gasteiger partial charge in [-0.3, -0.25) is 4.79 Å². The zero-order chi connectivity index (χ0) is 16.1. The Morgan fingerprint density at radius 3 is 2.73 bits per heavy atom. The molecule has 5 nitrogen and oxygen atoms in total. The van der Waals surface area contributed by atoms with Crippen LogP contribution < -0.4 is 5.32 Å². The second-order valence-corrected chi connectivity index (χ2v) is 5.27. The van der Waals surface area contributed by atoms with E-state index in [4.69, 9.17) is 27.9 Å². The third-order valence-electron chi connectivity index (χ3n) is 2.77. The molecule has 1 amide bonds. The summed E-state index contributed by atoms with van der Waals surface area (Å²) >= 11 is 11.5. The van der Waals surface area contributed by atoms with E-state index in [-0.39, 0.29) is 10.7 Å². The second kappa shape index (κ2) is 7.24. The Labute approximate surface area is 137 Å². The Balaban J connectivity index is 1.93. The van der Waals surface area contributed by atoms with Crippen LogP contribution >= 0.6 is 23.2 Å². The lowest BCUT2D eigenvalue weighted by Crippen LogP contribution is -2.21. The van der Waals surface area contributed by atoms with Crippen LogP contribution in [0.25, 0.3) is 0 Å². The summed E-state index contributed by atoms with van der Waals surface area (Å²) in [5.41, 5.74) is 1.65. The number of benzene rings is 1. The number of aromatic nitrogens is 1. The highest BCUT2D eigenvalue weighted by Gasteiger charge is 2.12. The van der Waals surface area contributed by atoms with Gasteiger partial charge in [0.25, 0.3) is 5.91 Å². The minimum atomic E-state index is -0.651. The zero-order valence-corrected chi connectivity index (χ0v) is 13.1. The first-order valence-electron chi connectivity index (χ1n) is 6.30. The van der Waals surface area contributed by atoms with Crippen LogP contribution in [0.3, 0.4) is 0 Å². The Bertz CT molecular complexity index is 720. The summed E-state index contributed by atoms with van der Waals surface area (Å²) in [7, 11) is 0. The number of hydrogen-bond donors (Lipinski definition) is 1. The highest BCUT2D eigenvalue weighted by atomic mass is 35.5. The molecule has 1 N–H and O–H groups in total. The van der Waals surface area contributed by atoms with Crippen LogP contribution in [0.5, 0.6) is 0 Å². The van der Waals surface area contributed by atoms with Crippen molar-refractivity contribution in [3.8, 4) is 0 Å². The van der Waals surface area contributed by atoms with Crippen LogP contribution in [0, 0.1) is 6.92 Å². The summed E-state index contributed by atoms with van der Waals surface area (Å²) < 4.78 is 4.92. The molecule has 7 heteroatoms. The van der Waals surface area contributed by atoms with E-state index < -0.39 is 18.5 Å². The lowest BCUT2D eigenvalue weighted by atomic mass is 10.2. The monoisotopic (exact) mass is 338 g/mol. The number of carbonyl (C=O) groups excluding carboxylic acids is 2. The van der Waals surface area contributed by atoms with Crippen molar-refractivity contribution < 1.29 is 14.3 Å². The fraction of sp³-hybridized carbons (Fsp3) is 0.133. The molecule has 2 rings (SSSR count). The van der Waals surface area contributed by atoms with E-state index in [0.717, 1.165) is 5.56 Å². The number of pyridine rings is 1. The Morgan fingerprint density at radius 2 is 2.00 bits per heavy atom. The van der Waals surface area contributed by atoms with Gasteiger partial charge in [-0.25, -0.2) is 9.78 Å². The number of aryl methyl sites for hydroxylation is 1. The van der Waals surface area contributed by atoms with E-state index in [1.807, 2.05) is 6.92 Å².